The van der Waals surface area contributed by atoms with Crippen LogP contribution < -0.4 is 15.9 Å². The molecule has 12 heteroatoms. The number of unbranched alkanes of at least 4 members (excludes halogenated alkanes) is 7. The van der Waals surface area contributed by atoms with Gasteiger partial charge in [-0.1, -0.05) is 125 Å². The molecule has 43 heavy (non-hydrogen) atoms. The zero-order chi connectivity index (χ0) is 31.9. The number of rotatable bonds is 15. The monoisotopic (exact) mass is 650 g/mol. The number of ether oxygens (including phenoxy) is 1. The van der Waals surface area contributed by atoms with Crippen molar-refractivity contribution in [1.29, 1.82) is 0 Å². The molecule has 4 nitrogen and oxygen atoms in total. The first-order valence-corrected chi connectivity index (χ1v) is 16.8. The molecule has 0 heterocycles. The molecule has 3 aromatic rings. The molecule has 1 N–H and O–H groups in total. The fourth-order valence-electron chi connectivity index (χ4n) is 4.15. The molecule has 3 rings (SSSR count). The lowest BCUT2D eigenvalue weighted by Gasteiger charge is -2.26. The van der Waals surface area contributed by atoms with Crippen LogP contribution in [0, 0.1) is 5.82 Å². The van der Waals surface area contributed by atoms with Gasteiger partial charge in [0.05, 0.1) is 0 Å². The maximum Gasteiger partial charge on any atom is 0.421 e. The van der Waals surface area contributed by atoms with Gasteiger partial charge in [0, 0.05) is 6.61 Å². The van der Waals surface area contributed by atoms with E-state index in [0.29, 0.717) is 6.42 Å². The Kier molecular flexibility index (Phi) is 15.2. The van der Waals surface area contributed by atoms with E-state index in [4.69, 9.17) is 4.55 Å². The summed E-state index contributed by atoms with van der Waals surface area (Å²) >= 11 is 0. The maximum atomic E-state index is 13.2. The average Bonchev–Trinajstić information content (AvgIpc) is 2.95. The summed E-state index contributed by atoms with van der Waals surface area (Å²) < 4.78 is 110. The van der Waals surface area contributed by atoms with Crippen LogP contribution in [0.5, 0.6) is 0 Å². The molecule has 1 atom stereocenters. The SMILES string of the molecule is CCCCCCCCCCOC(C(F)(F)F)C(F)(F)S(=O)(=O)O.Fc1ccc(P(c2ccccc2)c2ccccc2)cc1. The highest BCUT2D eigenvalue weighted by molar-refractivity contribution is 7.86. The summed E-state index contributed by atoms with van der Waals surface area (Å²) in [5.41, 5.74) is 0. The van der Waals surface area contributed by atoms with E-state index >= 15 is 0 Å². The average molecular weight is 651 g/mol. The minimum Gasteiger partial charge on any atom is -0.362 e. The molecule has 0 spiro atoms. The van der Waals surface area contributed by atoms with E-state index < -0.39 is 42.2 Å². The van der Waals surface area contributed by atoms with Crippen molar-refractivity contribution in [3.8, 4) is 0 Å². The maximum absolute atomic E-state index is 13.2. The Bertz CT molecular complexity index is 1250. The number of alkyl halides is 5. The fraction of sp³-hybridized carbons (Fsp3) is 0.419. The second-order valence-corrected chi connectivity index (χ2v) is 13.5. The van der Waals surface area contributed by atoms with Gasteiger partial charge in [0.25, 0.3) is 0 Å². The van der Waals surface area contributed by atoms with Gasteiger partial charge in [-0.15, -0.1) is 0 Å². The third-order valence-corrected chi connectivity index (χ3v) is 9.69. The van der Waals surface area contributed by atoms with E-state index in [0.717, 1.165) is 38.5 Å². The van der Waals surface area contributed by atoms with Crippen molar-refractivity contribution in [1.82, 2.24) is 0 Å². The topological polar surface area (TPSA) is 63.6 Å². The van der Waals surface area contributed by atoms with Crippen molar-refractivity contribution >= 4 is 34.0 Å². The van der Waals surface area contributed by atoms with E-state index in [1.807, 2.05) is 24.3 Å². The number of hydrogen-bond acceptors (Lipinski definition) is 3. The Morgan fingerprint density at radius 3 is 1.53 bits per heavy atom. The molecular formula is C31H37F6O4PS. The van der Waals surface area contributed by atoms with Gasteiger partial charge in [-0.25, -0.2) is 4.39 Å². The van der Waals surface area contributed by atoms with Gasteiger partial charge in [-0.3, -0.25) is 4.55 Å². The molecule has 0 saturated carbocycles. The zero-order valence-electron chi connectivity index (χ0n) is 23.8. The predicted octanol–water partition coefficient (Wildman–Crippen LogP) is 8.14. The van der Waals surface area contributed by atoms with Crippen LogP contribution in [0.3, 0.4) is 0 Å². The Balaban J connectivity index is 0.000000302. The summed E-state index contributed by atoms with van der Waals surface area (Å²) in [7, 11) is -6.85. The highest BCUT2D eigenvalue weighted by Gasteiger charge is 2.64. The first-order chi connectivity index (χ1) is 20.3. The van der Waals surface area contributed by atoms with Crippen molar-refractivity contribution in [2.75, 3.05) is 6.61 Å². The lowest BCUT2D eigenvalue weighted by molar-refractivity contribution is -0.264. The standard InChI is InChI=1S/C18H14FP.C13H23F5O4S/c19-15-11-13-18(14-12-15)20(16-7-3-1-4-8-16)17-9-5-2-6-10-17;1-2-3-4-5-6-7-8-9-10-22-11(12(14,15)16)13(17,18)23(19,20)21/h1-14H;11H,2-10H2,1H3,(H,19,20,21). The number of halogens is 6. The normalized spacial score (nSPS) is 13.0. The second kappa shape index (κ2) is 17.7. The molecule has 0 amide bonds. The van der Waals surface area contributed by atoms with Crippen molar-refractivity contribution in [2.24, 2.45) is 0 Å². The molecule has 0 aliphatic carbocycles. The van der Waals surface area contributed by atoms with E-state index in [1.54, 1.807) is 0 Å². The van der Waals surface area contributed by atoms with Crippen LogP contribution in [-0.2, 0) is 14.9 Å². The number of hydrogen-bond donors (Lipinski definition) is 1. The Hall–Kier alpha value is -2.46. The molecule has 3 aromatic carbocycles. The molecular weight excluding hydrogens is 613 g/mol. The lowest BCUT2D eigenvalue weighted by Crippen LogP contribution is -2.51. The largest absolute Gasteiger partial charge is 0.421 e. The summed E-state index contributed by atoms with van der Waals surface area (Å²) in [6, 6.07) is 27.7. The molecule has 0 aliphatic rings. The molecule has 0 aromatic heterocycles. The molecule has 0 radical (unpaired) electrons. The lowest BCUT2D eigenvalue weighted by atomic mass is 10.1. The van der Waals surface area contributed by atoms with Crippen LogP contribution in [0.2, 0.25) is 0 Å². The van der Waals surface area contributed by atoms with Crippen molar-refractivity contribution in [2.45, 2.75) is 75.8 Å². The van der Waals surface area contributed by atoms with Gasteiger partial charge < -0.3 is 4.74 Å². The first kappa shape index (κ1) is 36.7. The highest BCUT2D eigenvalue weighted by atomic mass is 32.2. The molecule has 238 valence electrons. The summed E-state index contributed by atoms with van der Waals surface area (Å²) in [5, 5.41) is -1.72. The van der Waals surface area contributed by atoms with Crippen LogP contribution in [0.4, 0.5) is 26.3 Å². The Morgan fingerprint density at radius 1 is 0.698 bits per heavy atom. The van der Waals surface area contributed by atoms with Crippen LogP contribution in [0.15, 0.2) is 84.9 Å². The van der Waals surface area contributed by atoms with Gasteiger partial charge in [-0.2, -0.15) is 30.4 Å². The van der Waals surface area contributed by atoms with Crippen LogP contribution in [-0.4, -0.2) is 37.1 Å². The van der Waals surface area contributed by atoms with Gasteiger partial charge in [0.1, 0.15) is 5.82 Å². The van der Waals surface area contributed by atoms with E-state index in [-0.39, 0.29) is 12.2 Å². The van der Waals surface area contributed by atoms with Crippen LogP contribution in [0.25, 0.3) is 0 Å². The van der Waals surface area contributed by atoms with Crippen LogP contribution in [0.1, 0.15) is 58.3 Å². The van der Waals surface area contributed by atoms with E-state index in [1.165, 1.54) is 28.0 Å². The minimum absolute atomic E-state index is 0.0991. The smallest absolute Gasteiger partial charge is 0.362 e. The third-order valence-electron chi connectivity index (χ3n) is 6.34. The summed E-state index contributed by atoms with van der Waals surface area (Å²) in [6.45, 7) is 1.40. The molecule has 0 aliphatic heterocycles. The molecule has 0 bridgehead atoms. The minimum atomic E-state index is -6.22. The van der Waals surface area contributed by atoms with Gasteiger partial charge in [0.2, 0.25) is 6.10 Å². The summed E-state index contributed by atoms with van der Waals surface area (Å²) in [5.74, 6) is -0.190. The quantitative estimate of drug-likeness (QED) is 0.0781. The summed E-state index contributed by atoms with van der Waals surface area (Å²) in [6.07, 6.45) is -2.99. The molecule has 0 saturated heterocycles. The first-order valence-electron chi connectivity index (χ1n) is 14.0. The molecule has 1 unspecified atom stereocenters. The van der Waals surface area contributed by atoms with Crippen molar-refractivity contribution in [3.63, 3.8) is 0 Å². The van der Waals surface area contributed by atoms with Crippen molar-refractivity contribution < 1.29 is 44.0 Å². The van der Waals surface area contributed by atoms with Crippen molar-refractivity contribution in [3.05, 3.63) is 90.7 Å². The zero-order valence-corrected chi connectivity index (χ0v) is 25.5. The number of benzene rings is 3. The molecule has 0 fully saturated rings. The Labute approximate surface area is 251 Å². The highest BCUT2D eigenvalue weighted by Crippen LogP contribution is 2.38. The van der Waals surface area contributed by atoms with Crippen LogP contribution >= 0.6 is 7.92 Å². The Morgan fingerprint density at radius 2 is 1.12 bits per heavy atom. The van der Waals surface area contributed by atoms with E-state index in [9.17, 15) is 34.8 Å². The van der Waals surface area contributed by atoms with Gasteiger partial charge in [0.15, 0.2) is 0 Å². The fourth-order valence-corrected chi connectivity index (χ4v) is 6.90. The predicted molar refractivity (Wildman–Crippen MR) is 160 cm³/mol. The van der Waals surface area contributed by atoms with E-state index in [2.05, 4.69) is 60.2 Å². The summed E-state index contributed by atoms with van der Waals surface area (Å²) in [4.78, 5) is 0. The second-order valence-electron chi connectivity index (χ2n) is 9.79. The third kappa shape index (κ3) is 12.2. The van der Waals surface area contributed by atoms with Gasteiger partial charge in [-0.05, 0) is 42.4 Å². The van der Waals surface area contributed by atoms with Gasteiger partial charge >= 0.3 is 21.5 Å².